The van der Waals surface area contributed by atoms with E-state index in [1.165, 1.54) is 71.3 Å². The normalized spacial score (nSPS) is 11.0. The maximum atomic E-state index is 12.3. The van der Waals surface area contributed by atoms with Crippen molar-refractivity contribution in [2.24, 2.45) is 0 Å². The van der Waals surface area contributed by atoms with Gasteiger partial charge in [-0.25, -0.2) is 0 Å². The number of rotatable bonds is 17. The highest BCUT2D eigenvalue weighted by Crippen LogP contribution is 2.36. The fourth-order valence-corrected chi connectivity index (χ4v) is 3.46. The standard InChI is InChI=1S/C23H38O6/c1-3-4-5-6-7-8-9-10-11-12-13-14-15-16-18(24)21-22(26)19(29-23(21)27)17-20(25)28-2/h26-27H,3-17H2,1-2H3. The molecule has 0 aliphatic heterocycles. The molecule has 6 heteroatoms. The van der Waals surface area contributed by atoms with Gasteiger partial charge in [0.2, 0.25) is 0 Å². The van der Waals surface area contributed by atoms with E-state index in [1.807, 2.05) is 0 Å². The van der Waals surface area contributed by atoms with Gasteiger partial charge in [0.15, 0.2) is 17.3 Å². The molecule has 0 aromatic carbocycles. The van der Waals surface area contributed by atoms with Crippen molar-refractivity contribution in [3.63, 3.8) is 0 Å². The molecule has 1 aromatic rings. The number of ketones is 1. The second-order valence-corrected chi connectivity index (χ2v) is 7.72. The van der Waals surface area contributed by atoms with Crippen molar-refractivity contribution in [2.45, 2.75) is 103 Å². The average Bonchev–Trinajstić information content (AvgIpc) is 2.98. The lowest BCUT2D eigenvalue weighted by Crippen LogP contribution is -2.04. The first kappa shape index (κ1) is 25.1. The molecular weight excluding hydrogens is 372 g/mol. The first-order valence-corrected chi connectivity index (χ1v) is 11.1. The summed E-state index contributed by atoms with van der Waals surface area (Å²) in [5.74, 6) is -2.25. The van der Waals surface area contributed by atoms with Crippen LogP contribution in [-0.4, -0.2) is 29.1 Å². The summed E-state index contributed by atoms with van der Waals surface area (Å²) in [7, 11) is 1.21. The predicted molar refractivity (Wildman–Crippen MR) is 112 cm³/mol. The van der Waals surface area contributed by atoms with Gasteiger partial charge in [-0.05, 0) is 6.42 Å². The maximum absolute atomic E-state index is 12.3. The molecule has 0 atom stereocenters. The summed E-state index contributed by atoms with van der Waals surface area (Å²) < 4.78 is 9.44. The summed E-state index contributed by atoms with van der Waals surface area (Å²) in [5, 5.41) is 19.8. The molecule has 0 aliphatic rings. The monoisotopic (exact) mass is 410 g/mol. The van der Waals surface area contributed by atoms with Crippen LogP contribution < -0.4 is 0 Å². The molecule has 1 aromatic heterocycles. The Balaban J connectivity index is 2.13. The van der Waals surface area contributed by atoms with E-state index in [9.17, 15) is 19.8 Å². The number of carbonyl (C=O) groups excluding carboxylic acids is 2. The quantitative estimate of drug-likeness (QED) is 0.184. The van der Waals surface area contributed by atoms with Gasteiger partial charge in [0.1, 0.15) is 12.0 Å². The molecule has 1 rings (SSSR count). The molecule has 166 valence electrons. The molecule has 0 saturated carbocycles. The van der Waals surface area contributed by atoms with Crippen LogP contribution in [0.3, 0.4) is 0 Å². The fourth-order valence-electron chi connectivity index (χ4n) is 3.46. The van der Waals surface area contributed by atoms with Crippen molar-refractivity contribution >= 4 is 11.8 Å². The molecule has 2 N–H and O–H groups in total. The second-order valence-electron chi connectivity index (χ2n) is 7.72. The fraction of sp³-hybridized carbons (Fsp3) is 0.739. The smallest absolute Gasteiger partial charge is 0.313 e. The van der Waals surface area contributed by atoms with Gasteiger partial charge in [0, 0.05) is 6.42 Å². The minimum Gasteiger partial charge on any atom is -0.504 e. The molecular formula is C23H38O6. The Kier molecular flexibility index (Phi) is 12.9. The lowest BCUT2D eigenvalue weighted by molar-refractivity contribution is -0.140. The van der Waals surface area contributed by atoms with Crippen molar-refractivity contribution in [3.8, 4) is 11.7 Å². The van der Waals surface area contributed by atoms with Crippen molar-refractivity contribution < 1.29 is 29.0 Å². The van der Waals surface area contributed by atoms with E-state index in [0.717, 1.165) is 12.8 Å². The number of hydrogen-bond acceptors (Lipinski definition) is 6. The third-order valence-corrected chi connectivity index (χ3v) is 5.25. The second kappa shape index (κ2) is 14.9. The highest BCUT2D eigenvalue weighted by Gasteiger charge is 2.26. The molecule has 1 heterocycles. The minimum atomic E-state index is -0.638. The molecule has 0 aliphatic carbocycles. The van der Waals surface area contributed by atoms with Gasteiger partial charge >= 0.3 is 5.97 Å². The first-order chi connectivity index (χ1) is 14.0. The molecule has 0 unspecified atom stereocenters. The molecule has 0 amide bonds. The summed E-state index contributed by atoms with van der Waals surface area (Å²) in [4.78, 5) is 23.5. The molecule has 0 saturated heterocycles. The Morgan fingerprint density at radius 2 is 1.31 bits per heavy atom. The molecule has 6 nitrogen and oxygen atoms in total. The van der Waals surface area contributed by atoms with Crippen LogP contribution >= 0.6 is 0 Å². The highest BCUT2D eigenvalue weighted by molar-refractivity contribution is 6.01. The van der Waals surface area contributed by atoms with E-state index in [1.54, 1.807) is 0 Å². The zero-order chi connectivity index (χ0) is 21.5. The van der Waals surface area contributed by atoms with Crippen molar-refractivity contribution in [2.75, 3.05) is 7.11 Å². The van der Waals surface area contributed by atoms with Gasteiger partial charge in [-0.1, -0.05) is 84.0 Å². The van der Waals surface area contributed by atoms with Crippen LogP contribution in [-0.2, 0) is 16.0 Å². The number of carbonyl (C=O) groups is 2. The third-order valence-electron chi connectivity index (χ3n) is 5.25. The summed E-state index contributed by atoms with van der Waals surface area (Å²) in [5.41, 5.74) is -0.233. The van der Waals surface area contributed by atoms with E-state index in [4.69, 9.17) is 4.42 Å². The zero-order valence-electron chi connectivity index (χ0n) is 18.1. The van der Waals surface area contributed by atoms with Gasteiger partial charge in [0.25, 0.3) is 5.95 Å². The van der Waals surface area contributed by atoms with Crippen LogP contribution in [0, 0.1) is 0 Å². The highest BCUT2D eigenvalue weighted by atomic mass is 16.5. The Labute approximate surface area is 174 Å². The number of hydrogen-bond donors (Lipinski definition) is 2. The van der Waals surface area contributed by atoms with Crippen LogP contribution in [0.2, 0.25) is 0 Å². The number of furan rings is 1. The number of Topliss-reactive ketones (excluding diaryl/α,β-unsaturated/α-hetero) is 1. The molecule has 0 fully saturated rings. The maximum Gasteiger partial charge on any atom is 0.313 e. The summed E-state index contributed by atoms with van der Waals surface area (Å²) in [6.45, 7) is 2.24. The van der Waals surface area contributed by atoms with Crippen molar-refractivity contribution in [1.82, 2.24) is 0 Å². The van der Waals surface area contributed by atoms with Crippen LogP contribution in [0.15, 0.2) is 4.42 Å². The van der Waals surface area contributed by atoms with Crippen LogP contribution in [0.1, 0.15) is 113 Å². The van der Waals surface area contributed by atoms with Gasteiger partial charge in [-0.3, -0.25) is 9.59 Å². The number of methoxy groups -OCH3 is 1. The lowest BCUT2D eigenvalue weighted by atomic mass is 10.0. The van der Waals surface area contributed by atoms with Crippen LogP contribution in [0.25, 0.3) is 0 Å². The predicted octanol–water partition coefficient (Wildman–Crippen LogP) is 6.07. The van der Waals surface area contributed by atoms with Crippen LogP contribution in [0.4, 0.5) is 0 Å². The summed E-state index contributed by atoms with van der Waals surface area (Å²) in [6, 6.07) is 0. The largest absolute Gasteiger partial charge is 0.504 e. The lowest BCUT2D eigenvalue weighted by Gasteiger charge is -2.03. The summed E-state index contributed by atoms with van der Waals surface area (Å²) in [6.07, 6.45) is 15.7. The van der Waals surface area contributed by atoms with E-state index < -0.39 is 17.7 Å². The number of ether oxygens (including phenoxy) is 1. The van der Waals surface area contributed by atoms with Gasteiger partial charge < -0.3 is 19.4 Å². The Morgan fingerprint density at radius 3 is 1.79 bits per heavy atom. The minimum absolute atomic E-state index is 0.150. The van der Waals surface area contributed by atoms with E-state index in [-0.39, 0.29) is 29.9 Å². The molecule has 0 bridgehead atoms. The average molecular weight is 411 g/mol. The molecule has 29 heavy (non-hydrogen) atoms. The Morgan fingerprint density at radius 1 is 0.828 bits per heavy atom. The van der Waals surface area contributed by atoms with Gasteiger partial charge in [-0.15, -0.1) is 0 Å². The van der Waals surface area contributed by atoms with E-state index in [2.05, 4.69) is 11.7 Å². The van der Waals surface area contributed by atoms with Crippen molar-refractivity contribution in [3.05, 3.63) is 11.3 Å². The van der Waals surface area contributed by atoms with E-state index >= 15 is 0 Å². The Bertz CT molecular complexity index is 605. The summed E-state index contributed by atoms with van der Waals surface area (Å²) >= 11 is 0. The molecule has 0 radical (unpaired) electrons. The third kappa shape index (κ3) is 9.86. The number of unbranched alkanes of at least 4 members (excludes halogenated alkanes) is 12. The van der Waals surface area contributed by atoms with E-state index in [0.29, 0.717) is 6.42 Å². The van der Waals surface area contributed by atoms with Crippen molar-refractivity contribution in [1.29, 1.82) is 0 Å². The van der Waals surface area contributed by atoms with Gasteiger partial charge in [0.05, 0.1) is 7.11 Å². The Hall–Kier alpha value is -1.98. The SMILES string of the molecule is CCCCCCCCCCCCCCCC(=O)c1c(O)oc(CC(=O)OC)c1O. The number of esters is 1. The van der Waals surface area contributed by atoms with Gasteiger partial charge in [-0.2, -0.15) is 0 Å². The number of aromatic hydroxyl groups is 2. The van der Waals surface area contributed by atoms with Crippen LogP contribution in [0.5, 0.6) is 11.7 Å². The zero-order valence-corrected chi connectivity index (χ0v) is 18.1. The topological polar surface area (TPSA) is 97.0 Å². The molecule has 0 spiro atoms. The first-order valence-electron chi connectivity index (χ1n) is 11.1.